The molecule has 0 spiro atoms. The second-order valence-corrected chi connectivity index (χ2v) is 4.07. The molecule has 0 aliphatic rings. The molecule has 0 aliphatic carbocycles. The van der Waals surface area contributed by atoms with Crippen molar-refractivity contribution in [2.24, 2.45) is 0 Å². The van der Waals surface area contributed by atoms with E-state index in [-0.39, 0.29) is 10.6 Å². The Hall–Kier alpha value is -1.10. The van der Waals surface area contributed by atoms with Crippen LogP contribution in [0.15, 0.2) is 18.2 Å². The molecule has 0 aliphatic heterocycles. The van der Waals surface area contributed by atoms with E-state index in [4.69, 9.17) is 4.74 Å². The molecule has 0 aromatic heterocycles. The molecule has 4 nitrogen and oxygen atoms in total. The average molecular weight is 288 g/mol. The number of ether oxygens (including phenoxy) is 1. The van der Waals surface area contributed by atoms with Gasteiger partial charge in [0.05, 0.1) is 17.6 Å². The number of hydrogen-bond acceptors (Lipinski definition) is 3. The first-order chi connectivity index (χ1) is 7.69. The van der Waals surface area contributed by atoms with Crippen LogP contribution in [0.2, 0.25) is 0 Å². The highest BCUT2D eigenvalue weighted by molar-refractivity contribution is 9.09. The minimum absolute atomic E-state index is 0.145. The summed E-state index contributed by atoms with van der Waals surface area (Å²) in [7, 11) is 0. The van der Waals surface area contributed by atoms with Gasteiger partial charge in [-0.05, 0) is 31.9 Å². The van der Waals surface area contributed by atoms with Crippen molar-refractivity contribution in [3.63, 3.8) is 0 Å². The summed E-state index contributed by atoms with van der Waals surface area (Å²) in [5, 5.41) is 11.7. The lowest BCUT2D eigenvalue weighted by Crippen LogP contribution is -1.98. The van der Waals surface area contributed by atoms with E-state index in [0.717, 1.165) is 17.3 Å². The van der Waals surface area contributed by atoms with E-state index >= 15 is 0 Å². The van der Waals surface area contributed by atoms with Crippen molar-refractivity contribution in [1.82, 2.24) is 0 Å². The van der Waals surface area contributed by atoms with Crippen molar-refractivity contribution < 1.29 is 9.66 Å². The van der Waals surface area contributed by atoms with Crippen LogP contribution < -0.4 is 4.74 Å². The van der Waals surface area contributed by atoms with Crippen molar-refractivity contribution in [3.8, 4) is 5.75 Å². The smallest absolute Gasteiger partial charge is 0.276 e. The Morgan fingerprint density at radius 1 is 1.50 bits per heavy atom. The lowest BCUT2D eigenvalue weighted by atomic mass is 10.1. The van der Waals surface area contributed by atoms with Crippen molar-refractivity contribution in [2.45, 2.75) is 19.8 Å². The third-order valence-corrected chi connectivity index (χ3v) is 2.70. The molecule has 0 saturated carbocycles. The van der Waals surface area contributed by atoms with Crippen molar-refractivity contribution in [1.29, 1.82) is 0 Å². The van der Waals surface area contributed by atoms with Crippen LogP contribution in [0, 0.1) is 10.1 Å². The fourth-order valence-corrected chi connectivity index (χ4v) is 1.72. The van der Waals surface area contributed by atoms with Crippen molar-refractivity contribution in [3.05, 3.63) is 33.9 Å². The molecular formula is C11H14BrNO3. The van der Waals surface area contributed by atoms with Gasteiger partial charge < -0.3 is 4.74 Å². The van der Waals surface area contributed by atoms with Gasteiger partial charge in [0.25, 0.3) is 5.69 Å². The van der Waals surface area contributed by atoms with Gasteiger partial charge in [0.1, 0.15) is 5.75 Å². The first-order valence-corrected chi connectivity index (χ1v) is 6.27. The third-order valence-electron chi connectivity index (χ3n) is 2.14. The zero-order chi connectivity index (χ0) is 12.0. The number of nitro benzene ring substituents is 1. The van der Waals surface area contributed by atoms with Gasteiger partial charge in [-0.3, -0.25) is 10.1 Å². The van der Waals surface area contributed by atoms with Gasteiger partial charge in [-0.2, -0.15) is 0 Å². The Bertz CT molecular complexity index is 368. The van der Waals surface area contributed by atoms with Crippen molar-refractivity contribution in [2.75, 3.05) is 11.9 Å². The minimum atomic E-state index is -0.355. The number of aryl methyl sites for hydroxylation is 1. The predicted molar refractivity (Wildman–Crippen MR) is 66.4 cm³/mol. The van der Waals surface area contributed by atoms with Gasteiger partial charge >= 0.3 is 0 Å². The second-order valence-electron chi connectivity index (χ2n) is 3.27. The topological polar surface area (TPSA) is 52.4 Å². The van der Waals surface area contributed by atoms with Crippen LogP contribution in [-0.2, 0) is 6.42 Å². The number of nitro groups is 1. The maximum atomic E-state index is 10.9. The van der Waals surface area contributed by atoms with Gasteiger partial charge in [0, 0.05) is 10.9 Å². The van der Waals surface area contributed by atoms with Crippen LogP contribution in [0.3, 0.4) is 0 Å². The Morgan fingerprint density at radius 3 is 2.81 bits per heavy atom. The SMILES string of the molecule is CCOc1ccc(CCCBr)c([N+](=O)[O-])c1. The van der Waals surface area contributed by atoms with E-state index < -0.39 is 0 Å². The van der Waals surface area contributed by atoms with E-state index in [1.54, 1.807) is 12.1 Å². The predicted octanol–water partition coefficient (Wildman–Crippen LogP) is 3.32. The van der Waals surface area contributed by atoms with Crippen LogP contribution in [0.25, 0.3) is 0 Å². The minimum Gasteiger partial charge on any atom is -0.494 e. The molecule has 0 fully saturated rings. The van der Waals surface area contributed by atoms with Gasteiger partial charge in [-0.1, -0.05) is 15.9 Å². The zero-order valence-corrected chi connectivity index (χ0v) is 10.7. The van der Waals surface area contributed by atoms with Gasteiger partial charge in [0.15, 0.2) is 0 Å². The summed E-state index contributed by atoms with van der Waals surface area (Å²) in [5.41, 5.74) is 0.903. The summed E-state index contributed by atoms with van der Waals surface area (Å²) in [4.78, 5) is 10.5. The van der Waals surface area contributed by atoms with Gasteiger partial charge in [-0.15, -0.1) is 0 Å². The summed E-state index contributed by atoms with van der Waals surface area (Å²) in [5.74, 6) is 0.553. The van der Waals surface area contributed by atoms with Crippen LogP contribution in [0.1, 0.15) is 18.9 Å². The summed E-state index contributed by atoms with van der Waals surface area (Å²) in [6.45, 7) is 2.36. The largest absolute Gasteiger partial charge is 0.494 e. The summed E-state index contributed by atoms with van der Waals surface area (Å²) >= 11 is 3.31. The highest BCUT2D eigenvalue weighted by Crippen LogP contribution is 2.25. The fourth-order valence-electron chi connectivity index (χ4n) is 1.44. The maximum Gasteiger partial charge on any atom is 0.276 e. The van der Waals surface area contributed by atoms with E-state index in [2.05, 4.69) is 15.9 Å². The zero-order valence-electron chi connectivity index (χ0n) is 9.11. The van der Waals surface area contributed by atoms with Gasteiger partial charge in [-0.25, -0.2) is 0 Å². The lowest BCUT2D eigenvalue weighted by molar-refractivity contribution is -0.385. The number of alkyl halides is 1. The van der Waals surface area contributed by atoms with Crippen LogP contribution >= 0.6 is 15.9 Å². The Labute approximate surface area is 103 Å². The quantitative estimate of drug-likeness (QED) is 0.458. The second kappa shape index (κ2) is 6.48. The lowest BCUT2D eigenvalue weighted by Gasteiger charge is -2.05. The molecule has 0 atom stereocenters. The highest BCUT2D eigenvalue weighted by Gasteiger charge is 2.14. The first kappa shape index (κ1) is 13.0. The first-order valence-electron chi connectivity index (χ1n) is 5.15. The molecule has 1 aromatic rings. The van der Waals surface area contributed by atoms with Crippen LogP contribution in [-0.4, -0.2) is 16.9 Å². The molecule has 5 heteroatoms. The van der Waals surface area contributed by atoms with Crippen molar-refractivity contribution >= 4 is 21.6 Å². The van der Waals surface area contributed by atoms with Crippen LogP contribution in [0.4, 0.5) is 5.69 Å². The Morgan fingerprint density at radius 2 is 2.25 bits per heavy atom. The van der Waals surface area contributed by atoms with Crippen LogP contribution in [0.5, 0.6) is 5.75 Å². The number of hydrogen-bond donors (Lipinski definition) is 0. The fraction of sp³-hybridized carbons (Fsp3) is 0.455. The standard InChI is InChI=1S/C11H14BrNO3/c1-2-16-10-6-5-9(4-3-7-12)11(8-10)13(14)15/h5-6,8H,2-4,7H2,1H3. The monoisotopic (exact) mass is 287 g/mol. The summed E-state index contributed by atoms with van der Waals surface area (Å²) in [6.07, 6.45) is 1.59. The highest BCUT2D eigenvalue weighted by atomic mass is 79.9. The summed E-state index contributed by atoms with van der Waals surface area (Å²) in [6, 6.07) is 5.04. The average Bonchev–Trinajstić information content (AvgIpc) is 2.27. The Kier molecular flexibility index (Phi) is 5.25. The molecule has 16 heavy (non-hydrogen) atoms. The summed E-state index contributed by atoms with van der Waals surface area (Å²) < 4.78 is 5.24. The molecule has 0 heterocycles. The molecule has 1 rings (SSSR count). The third kappa shape index (κ3) is 3.48. The van der Waals surface area contributed by atoms with E-state index in [9.17, 15) is 10.1 Å². The van der Waals surface area contributed by atoms with E-state index in [1.807, 2.05) is 6.92 Å². The maximum absolute atomic E-state index is 10.9. The molecule has 0 radical (unpaired) electrons. The molecule has 0 bridgehead atoms. The molecular weight excluding hydrogens is 274 g/mol. The molecule has 88 valence electrons. The number of halogens is 1. The molecule has 0 saturated heterocycles. The number of nitrogens with zero attached hydrogens (tertiary/aromatic N) is 1. The molecule has 1 aromatic carbocycles. The number of rotatable bonds is 6. The normalized spacial score (nSPS) is 10.1. The molecule has 0 amide bonds. The Balaban J connectivity index is 2.94. The van der Waals surface area contributed by atoms with Gasteiger partial charge in [0.2, 0.25) is 0 Å². The molecule has 0 unspecified atom stereocenters. The van der Waals surface area contributed by atoms with E-state index in [0.29, 0.717) is 18.8 Å². The van der Waals surface area contributed by atoms with E-state index in [1.165, 1.54) is 6.07 Å². The molecule has 0 N–H and O–H groups in total. The number of benzene rings is 1.